The predicted molar refractivity (Wildman–Crippen MR) is 105 cm³/mol. The van der Waals surface area contributed by atoms with E-state index in [2.05, 4.69) is 20.2 Å². The summed E-state index contributed by atoms with van der Waals surface area (Å²) in [6.45, 7) is 0. The van der Waals surface area contributed by atoms with Crippen molar-refractivity contribution in [2.45, 2.75) is 0 Å². The van der Waals surface area contributed by atoms with Crippen LogP contribution in [0.5, 0.6) is 11.5 Å². The lowest BCUT2D eigenvalue weighted by atomic mass is 10.3. The van der Waals surface area contributed by atoms with Gasteiger partial charge in [-0.1, -0.05) is 18.2 Å². The van der Waals surface area contributed by atoms with Crippen LogP contribution < -0.4 is 14.8 Å². The number of hydrogen-bond acceptors (Lipinski definition) is 6. The summed E-state index contributed by atoms with van der Waals surface area (Å²) >= 11 is 0. The first-order valence-corrected chi connectivity index (χ1v) is 9.50. The van der Waals surface area contributed by atoms with Crippen molar-refractivity contribution in [3.63, 3.8) is 0 Å². The van der Waals surface area contributed by atoms with Gasteiger partial charge in [0, 0.05) is 19.8 Å². The van der Waals surface area contributed by atoms with Gasteiger partial charge in [-0.05, 0) is 48.5 Å². The Morgan fingerprint density at radius 2 is 1.41 bits per heavy atom. The second-order valence-electron chi connectivity index (χ2n) is 5.76. The van der Waals surface area contributed by atoms with Gasteiger partial charge in [-0.15, -0.1) is 10.2 Å². The van der Waals surface area contributed by atoms with Crippen LogP contribution in [0.25, 0.3) is 0 Å². The smallest absolute Gasteiger partial charge is 0.302 e. The van der Waals surface area contributed by atoms with Crippen molar-refractivity contribution in [2.75, 3.05) is 24.1 Å². The molecule has 0 radical (unpaired) electrons. The molecular weight excluding hydrogens is 366 g/mol. The SMILES string of the molecule is CN(C)S(=O)(=O)Nc1ccc(Nc2ccc(Oc3ccccc3)cc2)nn1. The highest BCUT2D eigenvalue weighted by Gasteiger charge is 2.13. The van der Waals surface area contributed by atoms with E-state index in [-0.39, 0.29) is 5.82 Å². The summed E-state index contributed by atoms with van der Waals surface area (Å²) in [5.74, 6) is 2.10. The summed E-state index contributed by atoms with van der Waals surface area (Å²) in [7, 11) is -0.752. The van der Waals surface area contributed by atoms with Crippen molar-refractivity contribution in [1.82, 2.24) is 14.5 Å². The summed E-state index contributed by atoms with van der Waals surface area (Å²) in [5.41, 5.74) is 0.798. The second-order valence-corrected chi connectivity index (χ2v) is 7.64. The number of ether oxygens (including phenoxy) is 1. The van der Waals surface area contributed by atoms with Crippen LogP contribution in [0.4, 0.5) is 17.3 Å². The van der Waals surface area contributed by atoms with Gasteiger partial charge in [0.15, 0.2) is 11.6 Å². The van der Waals surface area contributed by atoms with Gasteiger partial charge in [0.25, 0.3) is 0 Å². The molecule has 0 saturated heterocycles. The molecule has 8 nitrogen and oxygen atoms in total. The zero-order valence-electron chi connectivity index (χ0n) is 14.8. The van der Waals surface area contributed by atoms with Gasteiger partial charge in [-0.2, -0.15) is 12.7 Å². The third-order valence-electron chi connectivity index (χ3n) is 3.48. The maximum atomic E-state index is 11.8. The molecule has 9 heteroatoms. The van der Waals surface area contributed by atoms with Crippen LogP contribution in [0.3, 0.4) is 0 Å². The molecule has 2 N–H and O–H groups in total. The van der Waals surface area contributed by atoms with Crippen LogP contribution in [0, 0.1) is 0 Å². The number of benzene rings is 2. The Labute approximate surface area is 158 Å². The van der Waals surface area contributed by atoms with E-state index in [0.29, 0.717) is 11.6 Å². The molecule has 3 rings (SSSR count). The molecule has 0 atom stereocenters. The van der Waals surface area contributed by atoms with Crippen molar-refractivity contribution in [1.29, 1.82) is 0 Å². The number of para-hydroxylation sites is 1. The van der Waals surface area contributed by atoms with E-state index in [1.807, 2.05) is 54.6 Å². The number of nitrogens with zero attached hydrogens (tertiary/aromatic N) is 3. The van der Waals surface area contributed by atoms with Gasteiger partial charge < -0.3 is 10.1 Å². The highest BCUT2D eigenvalue weighted by Crippen LogP contribution is 2.24. The lowest BCUT2D eigenvalue weighted by molar-refractivity contribution is 0.483. The number of nitrogens with one attached hydrogen (secondary N) is 2. The quantitative estimate of drug-likeness (QED) is 0.648. The lowest BCUT2D eigenvalue weighted by Gasteiger charge is -2.12. The van der Waals surface area contributed by atoms with E-state index in [1.54, 1.807) is 6.07 Å². The molecule has 1 aromatic heterocycles. The molecule has 3 aromatic rings. The summed E-state index contributed by atoms with van der Waals surface area (Å²) < 4.78 is 32.6. The molecule has 0 spiro atoms. The average molecular weight is 385 g/mol. The summed E-state index contributed by atoms with van der Waals surface area (Å²) in [4.78, 5) is 0. The third kappa shape index (κ3) is 5.16. The van der Waals surface area contributed by atoms with Crippen LogP contribution >= 0.6 is 0 Å². The monoisotopic (exact) mass is 385 g/mol. The van der Waals surface area contributed by atoms with Crippen molar-refractivity contribution in [3.05, 3.63) is 66.7 Å². The minimum atomic E-state index is -3.61. The van der Waals surface area contributed by atoms with Gasteiger partial charge in [-0.25, -0.2) is 0 Å². The Balaban J connectivity index is 1.62. The molecule has 0 aliphatic heterocycles. The van der Waals surface area contributed by atoms with E-state index in [1.165, 1.54) is 20.2 Å². The molecule has 0 aliphatic rings. The zero-order valence-corrected chi connectivity index (χ0v) is 15.6. The number of aromatic nitrogens is 2. The van der Waals surface area contributed by atoms with Crippen LogP contribution in [0.1, 0.15) is 0 Å². The van der Waals surface area contributed by atoms with Crippen LogP contribution in [-0.2, 0) is 10.2 Å². The fourth-order valence-electron chi connectivity index (χ4n) is 2.06. The van der Waals surface area contributed by atoms with Gasteiger partial charge >= 0.3 is 10.2 Å². The fraction of sp³-hybridized carbons (Fsp3) is 0.111. The summed E-state index contributed by atoms with van der Waals surface area (Å²) in [6.07, 6.45) is 0. The van der Waals surface area contributed by atoms with Gasteiger partial charge in [0.2, 0.25) is 0 Å². The summed E-state index contributed by atoms with van der Waals surface area (Å²) in [6, 6.07) is 20.0. The number of rotatable bonds is 7. The Kier molecular flexibility index (Phi) is 5.53. The van der Waals surface area contributed by atoms with Gasteiger partial charge in [0.05, 0.1) is 0 Å². The second kappa shape index (κ2) is 8.02. The molecule has 2 aromatic carbocycles. The van der Waals surface area contributed by atoms with Crippen LogP contribution in [-0.4, -0.2) is 37.0 Å². The molecule has 0 aliphatic carbocycles. The van der Waals surface area contributed by atoms with Crippen molar-refractivity contribution < 1.29 is 13.2 Å². The standard InChI is InChI=1S/C18H19N5O3S/c1-23(2)27(24,25)22-18-13-12-17(20-21-18)19-14-8-10-16(11-9-14)26-15-6-4-3-5-7-15/h3-13H,1-2H3,(H,19,20)(H,21,22). The Morgan fingerprint density at radius 1 is 0.815 bits per heavy atom. The largest absolute Gasteiger partial charge is 0.457 e. The Bertz CT molecular complexity index is 976. The van der Waals surface area contributed by atoms with Crippen molar-refractivity contribution in [2.24, 2.45) is 0 Å². The third-order valence-corrected chi connectivity index (χ3v) is 4.91. The molecule has 0 fully saturated rings. The molecule has 0 amide bonds. The number of anilines is 3. The highest BCUT2D eigenvalue weighted by molar-refractivity contribution is 7.90. The average Bonchev–Trinajstić information content (AvgIpc) is 2.65. The first-order valence-electron chi connectivity index (χ1n) is 8.06. The van der Waals surface area contributed by atoms with E-state index < -0.39 is 10.2 Å². The zero-order chi connectivity index (χ0) is 19.3. The fourth-order valence-corrected chi connectivity index (χ4v) is 2.61. The van der Waals surface area contributed by atoms with E-state index >= 15 is 0 Å². The Hall–Kier alpha value is -3.17. The minimum Gasteiger partial charge on any atom is -0.457 e. The number of hydrogen-bond donors (Lipinski definition) is 2. The van der Waals surface area contributed by atoms with Crippen molar-refractivity contribution >= 4 is 27.5 Å². The minimum absolute atomic E-state index is 0.140. The molecule has 140 valence electrons. The van der Waals surface area contributed by atoms with Crippen LogP contribution in [0.15, 0.2) is 66.7 Å². The van der Waals surface area contributed by atoms with Gasteiger partial charge in [-0.3, -0.25) is 4.72 Å². The normalized spacial score (nSPS) is 11.2. The van der Waals surface area contributed by atoms with Crippen LogP contribution in [0.2, 0.25) is 0 Å². The lowest BCUT2D eigenvalue weighted by Crippen LogP contribution is -2.29. The van der Waals surface area contributed by atoms with E-state index in [9.17, 15) is 8.42 Å². The first-order chi connectivity index (χ1) is 12.9. The first kappa shape index (κ1) is 18.6. The molecule has 0 saturated carbocycles. The van der Waals surface area contributed by atoms with E-state index in [0.717, 1.165) is 15.7 Å². The molecule has 27 heavy (non-hydrogen) atoms. The molecule has 0 unspecified atom stereocenters. The molecule has 1 heterocycles. The predicted octanol–water partition coefficient (Wildman–Crippen LogP) is 3.23. The molecular formula is C18H19N5O3S. The Morgan fingerprint density at radius 3 is 2.00 bits per heavy atom. The van der Waals surface area contributed by atoms with E-state index in [4.69, 9.17) is 4.74 Å². The summed E-state index contributed by atoms with van der Waals surface area (Å²) in [5, 5.41) is 10.9. The maximum Gasteiger partial charge on any atom is 0.302 e. The topological polar surface area (TPSA) is 96.5 Å². The maximum absolute atomic E-state index is 11.8. The van der Waals surface area contributed by atoms with Gasteiger partial charge in [0.1, 0.15) is 11.5 Å². The highest BCUT2D eigenvalue weighted by atomic mass is 32.2. The molecule has 0 bridgehead atoms. The van der Waals surface area contributed by atoms with Crippen molar-refractivity contribution in [3.8, 4) is 11.5 Å².